The zero-order valence-corrected chi connectivity index (χ0v) is 20.3. The van der Waals surface area contributed by atoms with Crippen molar-refractivity contribution >= 4 is 43.0 Å². The van der Waals surface area contributed by atoms with Gasteiger partial charge in [0.1, 0.15) is 5.75 Å². The Morgan fingerprint density at radius 3 is 2.39 bits per heavy atom. The summed E-state index contributed by atoms with van der Waals surface area (Å²) in [6, 6.07) is 8.79. The number of hydrogen-bond acceptors (Lipinski definition) is 6. The molecule has 2 aliphatic heterocycles. The predicted molar refractivity (Wildman–Crippen MR) is 125 cm³/mol. The first-order chi connectivity index (χ1) is 14.7. The fraction of sp³-hybridized carbons (Fsp3) is 0.409. The van der Waals surface area contributed by atoms with Crippen molar-refractivity contribution < 1.29 is 17.9 Å². The highest BCUT2D eigenvalue weighted by molar-refractivity contribution is 9.10. The topological polar surface area (TPSA) is 70.2 Å². The Morgan fingerprint density at radius 2 is 1.74 bits per heavy atom. The molecule has 1 saturated heterocycles. The summed E-state index contributed by atoms with van der Waals surface area (Å²) in [5, 5.41) is 0. The van der Waals surface area contributed by atoms with Gasteiger partial charge in [0.25, 0.3) is 5.91 Å². The van der Waals surface area contributed by atoms with Crippen LogP contribution in [-0.2, 0) is 16.3 Å². The molecule has 0 aliphatic carbocycles. The monoisotopic (exact) mass is 507 g/mol. The van der Waals surface area contributed by atoms with Gasteiger partial charge in [-0.3, -0.25) is 4.79 Å². The Hall–Kier alpha value is -2.10. The Kier molecular flexibility index (Phi) is 6.02. The molecule has 31 heavy (non-hydrogen) atoms. The van der Waals surface area contributed by atoms with Crippen molar-refractivity contribution in [3.8, 4) is 5.75 Å². The highest BCUT2D eigenvalue weighted by Gasteiger charge is 2.30. The van der Waals surface area contributed by atoms with E-state index in [1.807, 2.05) is 12.1 Å². The number of carbonyl (C=O) groups excluding carboxylic acids is 1. The zero-order valence-electron chi connectivity index (χ0n) is 17.9. The first kappa shape index (κ1) is 22.1. The maximum atomic E-state index is 13.3. The van der Waals surface area contributed by atoms with Crippen LogP contribution in [0.1, 0.15) is 15.9 Å². The molecular weight excluding hydrogens is 482 g/mol. The van der Waals surface area contributed by atoms with Crippen LogP contribution in [0, 0.1) is 0 Å². The van der Waals surface area contributed by atoms with Crippen molar-refractivity contribution in [3.05, 3.63) is 45.9 Å². The summed E-state index contributed by atoms with van der Waals surface area (Å²) < 4.78 is 30.3. The number of piperazine rings is 1. The van der Waals surface area contributed by atoms with E-state index in [9.17, 15) is 13.2 Å². The first-order valence-electron chi connectivity index (χ1n) is 10.1. The summed E-state index contributed by atoms with van der Waals surface area (Å²) in [5.41, 5.74) is 3.27. The first-order valence-corrected chi connectivity index (χ1v) is 12.8. The molecule has 0 bridgehead atoms. The summed E-state index contributed by atoms with van der Waals surface area (Å²) in [5.74, 6) is 0.617. The third kappa shape index (κ3) is 4.31. The lowest BCUT2D eigenvalue weighted by Gasteiger charge is -2.35. The number of anilines is 2. The summed E-state index contributed by atoms with van der Waals surface area (Å²) in [6.45, 7) is 4.27. The molecule has 0 spiro atoms. The second-order valence-electron chi connectivity index (χ2n) is 8.07. The molecule has 0 atom stereocenters. The molecule has 7 nitrogen and oxygen atoms in total. The molecule has 0 radical (unpaired) electrons. The van der Waals surface area contributed by atoms with Gasteiger partial charge in [-0.1, -0.05) is 0 Å². The average molecular weight is 508 g/mol. The molecular formula is C22H26BrN3O4S. The minimum absolute atomic E-state index is 0.116. The Bertz CT molecular complexity index is 1130. The van der Waals surface area contributed by atoms with Crippen LogP contribution in [0.2, 0.25) is 0 Å². The van der Waals surface area contributed by atoms with Crippen LogP contribution in [0.3, 0.4) is 0 Å². The van der Waals surface area contributed by atoms with Gasteiger partial charge in [0.15, 0.2) is 9.84 Å². The van der Waals surface area contributed by atoms with E-state index >= 15 is 0 Å². The highest BCUT2D eigenvalue weighted by atomic mass is 79.9. The maximum absolute atomic E-state index is 13.3. The average Bonchev–Trinajstić information content (AvgIpc) is 3.15. The van der Waals surface area contributed by atoms with Gasteiger partial charge in [-0.25, -0.2) is 8.42 Å². The van der Waals surface area contributed by atoms with Crippen molar-refractivity contribution in [2.75, 3.05) is 62.9 Å². The molecule has 4 rings (SSSR count). The molecule has 2 heterocycles. The Morgan fingerprint density at radius 1 is 1.03 bits per heavy atom. The van der Waals surface area contributed by atoms with Crippen LogP contribution in [-0.4, -0.2) is 72.4 Å². The number of methoxy groups -OCH3 is 1. The lowest BCUT2D eigenvalue weighted by Crippen LogP contribution is -2.44. The molecule has 0 aromatic heterocycles. The summed E-state index contributed by atoms with van der Waals surface area (Å²) in [7, 11) is 0.333. The zero-order chi connectivity index (χ0) is 22.3. The number of nitrogens with zero attached hydrogens (tertiary/aromatic N) is 3. The van der Waals surface area contributed by atoms with Gasteiger partial charge in [0.05, 0.1) is 17.7 Å². The highest BCUT2D eigenvalue weighted by Crippen LogP contribution is 2.40. The maximum Gasteiger partial charge on any atom is 0.258 e. The number of amides is 1. The van der Waals surface area contributed by atoms with Crippen LogP contribution in [0.25, 0.3) is 0 Å². The Labute approximate surface area is 191 Å². The van der Waals surface area contributed by atoms with E-state index in [-0.39, 0.29) is 10.8 Å². The molecule has 0 unspecified atom stereocenters. The van der Waals surface area contributed by atoms with Crippen LogP contribution in [0.4, 0.5) is 11.4 Å². The van der Waals surface area contributed by atoms with Gasteiger partial charge in [0, 0.05) is 54.7 Å². The second kappa shape index (κ2) is 8.44. The van der Waals surface area contributed by atoms with E-state index in [1.165, 1.54) is 6.07 Å². The SMILES string of the molecule is COc1cc2c(cc1N1CCN(C)CC1)N(C(=O)c1ccc(Br)c(S(C)(=O)=O)c1)CC2. The number of carbonyl (C=O) groups is 1. The van der Waals surface area contributed by atoms with Crippen LogP contribution < -0.4 is 14.5 Å². The number of benzene rings is 2. The number of hydrogen-bond donors (Lipinski definition) is 0. The largest absolute Gasteiger partial charge is 0.495 e. The summed E-state index contributed by atoms with van der Waals surface area (Å²) in [6.07, 6.45) is 1.87. The van der Waals surface area contributed by atoms with E-state index < -0.39 is 9.84 Å². The fourth-order valence-corrected chi connectivity index (χ4v) is 6.04. The summed E-state index contributed by atoms with van der Waals surface area (Å²) in [4.78, 5) is 19.8. The quantitative estimate of drug-likeness (QED) is 0.633. The molecule has 0 saturated carbocycles. The lowest BCUT2D eigenvalue weighted by molar-refractivity contribution is 0.0989. The van der Waals surface area contributed by atoms with Gasteiger partial charge in [-0.15, -0.1) is 0 Å². The Balaban J connectivity index is 1.70. The van der Waals surface area contributed by atoms with E-state index in [0.717, 1.165) is 61.5 Å². The van der Waals surface area contributed by atoms with E-state index in [1.54, 1.807) is 24.1 Å². The molecule has 2 aromatic rings. The minimum atomic E-state index is -3.45. The molecule has 0 N–H and O–H groups in total. The number of halogens is 1. The van der Waals surface area contributed by atoms with Gasteiger partial charge in [-0.2, -0.15) is 0 Å². The summed E-state index contributed by atoms with van der Waals surface area (Å²) >= 11 is 3.27. The lowest BCUT2D eigenvalue weighted by atomic mass is 10.1. The van der Waals surface area contributed by atoms with Gasteiger partial charge < -0.3 is 19.4 Å². The molecule has 9 heteroatoms. The standard InChI is InChI=1S/C22H26BrN3O4S/c1-24-8-10-25(11-9-24)19-14-18-15(12-20(19)30-2)6-7-26(18)22(27)16-4-5-17(23)21(13-16)31(3,28)29/h4-5,12-14H,6-11H2,1-3H3. The smallest absolute Gasteiger partial charge is 0.258 e. The molecule has 1 amide bonds. The molecule has 2 aromatic carbocycles. The van der Waals surface area contributed by atoms with Crippen molar-refractivity contribution in [2.24, 2.45) is 0 Å². The third-order valence-corrected chi connectivity index (χ3v) is 8.03. The van der Waals surface area contributed by atoms with E-state index in [0.29, 0.717) is 16.6 Å². The number of likely N-dealkylation sites (N-methyl/N-ethyl adjacent to an activating group) is 1. The van der Waals surface area contributed by atoms with Crippen molar-refractivity contribution in [1.82, 2.24) is 4.90 Å². The fourth-order valence-electron chi connectivity index (χ4n) is 4.15. The van der Waals surface area contributed by atoms with Gasteiger partial charge in [0.2, 0.25) is 0 Å². The van der Waals surface area contributed by atoms with Crippen LogP contribution >= 0.6 is 15.9 Å². The van der Waals surface area contributed by atoms with Crippen LogP contribution in [0.5, 0.6) is 5.75 Å². The van der Waals surface area contributed by atoms with Gasteiger partial charge >= 0.3 is 0 Å². The number of sulfone groups is 1. The molecule has 1 fully saturated rings. The number of ether oxygens (including phenoxy) is 1. The van der Waals surface area contributed by atoms with Crippen molar-refractivity contribution in [1.29, 1.82) is 0 Å². The van der Waals surface area contributed by atoms with Gasteiger partial charge in [-0.05, 0) is 65.3 Å². The number of rotatable bonds is 4. The van der Waals surface area contributed by atoms with E-state index in [4.69, 9.17) is 4.74 Å². The molecule has 166 valence electrons. The predicted octanol–water partition coefficient (Wildman–Crippen LogP) is 2.82. The van der Waals surface area contributed by atoms with Crippen LogP contribution in [0.15, 0.2) is 39.7 Å². The minimum Gasteiger partial charge on any atom is -0.495 e. The van der Waals surface area contributed by atoms with Crippen molar-refractivity contribution in [3.63, 3.8) is 0 Å². The normalized spacial score (nSPS) is 17.0. The molecule has 2 aliphatic rings. The second-order valence-corrected chi connectivity index (χ2v) is 10.9. The van der Waals surface area contributed by atoms with Crippen molar-refractivity contribution in [2.45, 2.75) is 11.3 Å². The third-order valence-electron chi connectivity index (χ3n) is 5.94. The van der Waals surface area contributed by atoms with E-state index in [2.05, 4.69) is 32.8 Å². The number of fused-ring (bicyclic) bond motifs is 1.